The minimum Gasteiger partial charge on any atom is -0.545 e. The number of carbonyl (C=O) groups is 2. The van der Waals surface area contributed by atoms with E-state index in [1.807, 2.05) is 0 Å². The summed E-state index contributed by atoms with van der Waals surface area (Å²) in [6.45, 7) is 0. The second kappa shape index (κ2) is 5.79. The van der Waals surface area contributed by atoms with E-state index in [0.29, 0.717) is 5.75 Å². The SMILES string of the molecule is O=C([O-])c1ccc(-c2ccc(C(=O)[O-])cc2CS)cc1. The minimum absolute atomic E-state index is 0.0872. The van der Waals surface area contributed by atoms with Gasteiger partial charge in [0.15, 0.2) is 0 Å². The smallest absolute Gasteiger partial charge is 0.0715 e. The molecule has 0 bridgehead atoms. The third kappa shape index (κ3) is 2.83. The molecule has 0 unspecified atom stereocenters. The number of carboxylic acids is 2. The van der Waals surface area contributed by atoms with E-state index in [4.69, 9.17) is 0 Å². The minimum atomic E-state index is -1.24. The molecule has 102 valence electrons. The molecule has 0 aliphatic heterocycles. The standard InChI is InChI=1S/C15H12O4S/c16-14(17)10-3-1-9(2-4-10)13-6-5-11(15(18)19)7-12(13)8-20/h1-7,20H,8H2,(H,16,17)(H,18,19)/p-2. The molecule has 5 heteroatoms. The van der Waals surface area contributed by atoms with Crippen LogP contribution in [-0.4, -0.2) is 11.9 Å². The predicted molar refractivity (Wildman–Crippen MR) is 73.2 cm³/mol. The largest absolute Gasteiger partial charge is 0.545 e. The molecule has 0 saturated carbocycles. The van der Waals surface area contributed by atoms with Crippen LogP contribution in [0.15, 0.2) is 42.5 Å². The Balaban J connectivity index is 2.46. The number of rotatable bonds is 4. The Morgan fingerprint density at radius 2 is 1.45 bits per heavy atom. The van der Waals surface area contributed by atoms with E-state index in [2.05, 4.69) is 12.6 Å². The molecule has 0 spiro atoms. The monoisotopic (exact) mass is 286 g/mol. The molecule has 0 atom stereocenters. The van der Waals surface area contributed by atoms with Crippen LogP contribution in [0.4, 0.5) is 0 Å². The van der Waals surface area contributed by atoms with Gasteiger partial charge in [-0.3, -0.25) is 0 Å². The predicted octanol–water partition coefficient (Wildman–Crippen LogP) is 0.510. The van der Waals surface area contributed by atoms with Gasteiger partial charge in [0.25, 0.3) is 0 Å². The zero-order valence-corrected chi connectivity index (χ0v) is 11.2. The van der Waals surface area contributed by atoms with Crippen LogP contribution in [-0.2, 0) is 5.75 Å². The maximum absolute atomic E-state index is 10.8. The topological polar surface area (TPSA) is 80.3 Å². The first-order chi connectivity index (χ1) is 9.52. The average Bonchev–Trinajstić information content (AvgIpc) is 2.46. The van der Waals surface area contributed by atoms with Gasteiger partial charge in [0.2, 0.25) is 0 Å². The van der Waals surface area contributed by atoms with Crippen LogP contribution in [0.25, 0.3) is 11.1 Å². The van der Waals surface area contributed by atoms with E-state index in [9.17, 15) is 19.8 Å². The number of thiol groups is 1. The molecule has 0 radical (unpaired) electrons. The van der Waals surface area contributed by atoms with Gasteiger partial charge in [-0.2, -0.15) is 12.6 Å². The summed E-state index contributed by atoms with van der Waals surface area (Å²) in [5, 5.41) is 21.5. The summed E-state index contributed by atoms with van der Waals surface area (Å²) in [6, 6.07) is 10.8. The molecule has 0 aromatic heterocycles. The summed E-state index contributed by atoms with van der Waals surface area (Å²) in [4.78, 5) is 21.5. The average molecular weight is 286 g/mol. The van der Waals surface area contributed by atoms with Crippen LogP contribution in [0.2, 0.25) is 0 Å². The highest BCUT2D eigenvalue weighted by atomic mass is 32.1. The molecule has 2 rings (SSSR count). The van der Waals surface area contributed by atoms with Gasteiger partial charge < -0.3 is 19.8 Å². The second-order valence-electron chi connectivity index (χ2n) is 4.18. The maximum Gasteiger partial charge on any atom is 0.0715 e. The lowest BCUT2D eigenvalue weighted by molar-refractivity contribution is -0.256. The summed E-state index contributed by atoms with van der Waals surface area (Å²) >= 11 is 4.18. The molecule has 20 heavy (non-hydrogen) atoms. The lowest BCUT2D eigenvalue weighted by Gasteiger charge is -2.12. The van der Waals surface area contributed by atoms with E-state index in [0.717, 1.165) is 16.7 Å². The van der Waals surface area contributed by atoms with Crippen molar-refractivity contribution in [3.05, 3.63) is 59.2 Å². The highest BCUT2D eigenvalue weighted by molar-refractivity contribution is 7.79. The Kier molecular flexibility index (Phi) is 4.10. The summed E-state index contributed by atoms with van der Waals surface area (Å²) in [7, 11) is 0. The fourth-order valence-corrected chi connectivity index (χ4v) is 2.18. The zero-order valence-electron chi connectivity index (χ0n) is 10.3. The Morgan fingerprint density at radius 3 is 1.95 bits per heavy atom. The zero-order chi connectivity index (χ0) is 14.7. The fraction of sp³-hybridized carbons (Fsp3) is 0.0667. The molecule has 0 heterocycles. The van der Waals surface area contributed by atoms with Crippen molar-refractivity contribution in [1.29, 1.82) is 0 Å². The van der Waals surface area contributed by atoms with E-state index in [-0.39, 0.29) is 11.1 Å². The molecule has 0 aliphatic rings. The van der Waals surface area contributed by atoms with Gasteiger partial charge in [-0.1, -0.05) is 36.4 Å². The van der Waals surface area contributed by atoms with Crippen LogP contribution in [0.5, 0.6) is 0 Å². The van der Waals surface area contributed by atoms with Crippen molar-refractivity contribution in [3.63, 3.8) is 0 Å². The highest BCUT2D eigenvalue weighted by Gasteiger charge is 2.06. The second-order valence-corrected chi connectivity index (χ2v) is 4.50. The summed E-state index contributed by atoms with van der Waals surface area (Å²) < 4.78 is 0. The molecule has 0 fully saturated rings. The van der Waals surface area contributed by atoms with Gasteiger partial charge in [-0.25, -0.2) is 0 Å². The number of carboxylic acid groups (broad SMARTS) is 2. The summed E-state index contributed by atoms with van der Waals surface area (Å²) in [6.07, 6.45) is 0. The van der Waals surface area contributed by atoms with Gasteiger partial charge >= 0.3 is 0 Å². The Labute approximate surface area is 121 Å². The van der Waals surface area contributed by atoms with Crippen molar-refractivity contribution in [2.24, 2.45) is 0 Å². The quantitative estimate of drug-likeness (QED) is 0.830. The summed E-state index contributed by atoms with van der Waals surface area (Å²) in [5.41, 5.74) is 2.49. The van der Waals surface area contributed by atoms with Crippen molar-refractivity contribution in [1.82, 2.24) is 0 Å². The summed E-state index contributed by atoms with van der Waals surface area (Å²) in [5.74, 6) is -2.12. The molecule has 0 N–H and O–H groups in total. The van der Waals surface area contributed by atoms with Gasteiger partial charge in [0.05, 0.1) is 11.9 Å². The van der Waals surface area contributed by atoms with Crippen LogP contribution in [0.3, 0.4) is 0 Å². The van der Waals surface area contributed by atoms with Gasteiger partial charge in [-0.05, 0) is 33.9 Å². The molecule has 0 aliphatic carbocycles. The lowest BCUT2D eigenvalue weighted by atomic mass is 9.97. The van der Waals surface area contributed by atoms with Crippen molar-refractivity contribution in [2.45, 2.75) is 5.75 Å². The highest BCUT2D eigenvalue weighted by Crippen LogP contribution is 2.26. The molecular weight excluding hydrogens is 276 g/mol. The first-order valence-electron chi connectivity index (χ1n) is 5.80. The van der Waals surface area contributed by atoms with E-state index in [1.165, 1.54) is 24.3 Å². The van der Waals surface area contributed by atoms with Gasteiger partial charge in [0, 0.05) is 5.75 Å². The number of hydrogen-bond donors (Lipinski definition) is 1. The molecule has 2 aromatic carbocycles. The lowest BCUT2D eigenvalue weighted by Crippen LogP contribution is -2.22. The molecule has 0 amide bonds. The third-order valence-electron chi connectivity index (χ3n) is 2.94. The Hall–Kier alpha value is -2.27. The van der Waals surface area contributed by atoms with E-state index < -0.39 is 11.9 Å². The van der Waals surface area contributed by atoms with E-state index in [1.54, 1.807) is 18.2 Å². The number of carbonyl (C=O) groups excluding carboxylic acids is 2. The van der Waals surface area contributed by atoms with Crippen molar-refractivity contribution in [2.75, 3.05) is 0 Å². The van der Waals surface area contributed by atoms with Crippen LogP contribution >= 0.6 is 12.6 Å². The van der Waals surface area contributed by atoms with Crippen LogP contribution in [0, 0.1) is 0 Å². The van der Waals surface area contributed by atoms with Crippen molar-refractivity contribution >= 4 is 24.6 Å². The van der Waals surface area contributed by atoms with Crippen LogP contribution < -0.4 is 10.2 Å². The van der Waals surface area contributed by atoms with Gasteiger partial charge in [-0.15, -0.1) is 0 Å². The van der Waals surface area contributed by atoms with E-state index >= 15 is 0 Å². The molecule has 0 saturated heterocycles. The normalized spacial score (nSPS) is 10.2. The first-order valence-corrected chi connectivity index (χ1v) is 6.43. The Bertz CT molecular complexity index is 662. The van der Waals surface area contributed by atoms with Gasteiger partial charge in [0.1, 0.15) is 0 Å². The number of hydrogen-bond acceptors (Lipinski definition) is 5. The maximum atomic E-state index is 10.8. The number of aromatic carboxylic acids is 2. The molecule has 4 nitrogen and oxygen atoms in total. The fourth-order valence-electron chi connectivity index (χ4n) is 1.92. The molecular formula is C15H10O4S-2. The number of benzene rings is 2. The third-order valence-corrected chi connectivity index (χ3v) is 3.28. The molecule has 2 aromatic rings. The van der Waals surface area contributed by atoms with Crippen LogP contribution in [0.1, 0.15) is 26.3 Å². The van der Waals surface area contributed by atoms with Crippen molar-refractivity contribution < 1.29 is 19.8 Å². The Morgan fingerprint density at radius 1 is 0.900 bits per heavy atom. The van der Waals surface area contributed by atoms with Crippen molar-refractivity contribution in [3.8, 4) is 11.1 Å². The first kappa shape index (κ1) is 14.1.